The number of aromatic nitrogens is 1. The van der Waals surface area contributed by atoms with Gasteiger partial charge < -0.3 is 35.5 Å². The first-order valence-corrected chi connectivity index (χ1v) is 8.48. The second kappa shape index (κ2) is 7.55. The zero-order chi connectivity index (χ0) is 18.8. The number of benzene rings is 1. The Balaban J connectivity index is 1.85. The molecule has 0 saturated heterocycles. The van der Waals surface area contributed by atoms with Gasteiger partial charge in [0.05, 0.1) is 12.1 Å². The van der Waals surface area contributed by atoms with Gasteiger partial charge in [-0.05, 0) is 36.5 Å². The summed E-state index contributed by atoms with van der Waals surface area (Å²) in [5.41, 5.74) is 1.87. The van der Waals surface area contributed by atoms with E-state index in [1.165, 1.54) is 0 Å². The van der Waals surface area contributed by atoms with Gasteiger partial charge in [0.15, 0.2) is 0 Å². The lowest BCUT2D eigenvalue weighted by Crippen LogP contribution is -2.49. The maximum absolute atomic E-state index is 11.9. The molecule has 1 saturated carbocycles. The van der Waals surface area contributed by atoms with Crippen LogP contribution in [0.1, 0.15) is 24.3 Å². The van der Waals surface area contributed by atoms with Gasteiger partial charge in [-0.1, -0.05) is 6.07 Å². The number of aliphatic hydroxyl groups is 4. The fourth-order valence-corrected chi connectivity index (χ4v) is 3.05. The number of aromatic amines is 1. The molecule has 1 aliphatic rings. The first-order chi connectivity index (χ1) is 12.4. The van der Waals surface area contributed by atoms with E-state index in [1.54, 1.807) is 18.2 Å². The van der Waals surface area contributed by atoms with Crippen LogP contribution >= 0.6 is 0 Å². The summed E-state index contributed by atoms with van der Waals surface area (Å²) in [5.74, 6) is 0.401. The summed E-state index contributed by atoms with van der Waals surface area (Å²) >= 11 is 0. The van der Waals surface area contributed by atoms with Crippen molar-refractivity contribution < 1.29 is 25.2 Å². The third kappa shape index (κ3) is 3.78. The van der Waals surface area contributed by atoms with Gasteiger partial charge in [0.25, 0.3) is 0 Å². The number of aldehydes is 1. The van der Waals surface area contributed by atoms with Crippen molar-refractivity contribution in [2.75, 3.05) is 11.9 Å². The molecule has 0 spiro atoms. The molecule has 1 aliphatic carbocycles. The van der Waals surface area contributed by atoms with Crippen LogP contribution in [-0.2, 0) is 4.79 Å². The summed E-state index contributed by atoms with van der Waals surface area (Å²) in [6.45, 7) is -0.745. The van der Waals surface area contributed by atoms with E-state index < -0.39 is 31.0 Å². The molecule has 0 amide bonds. The number of aliphatic hydroxyl groups excluding tert-OH is 4. The minimum absolute atomic E-state index is 0.204. The number of carbonyl (C=O) groups excluding carboxylic acids is 1. The Bertz CT molecular complexity index is 847. The molecular weight excluding hydrogens is 340 g/mol. The Morgan fingerprint density at radius 2 is 1.92 bits per heavy atom. The summed E-state index contributed by atoms with van der Waals surface area (Å²) in [4.78, 5) is 25.9. The molecule has 0 radical (unpaired) electrons. The van der Waals surface area contributed by atoms with Crippen LogP contribution in [-0.4, -0.2) is 62.7 Å². The average molecular weight is 362 g/mol. The molecule has 0 aliphatic heterocycles. The highest BCUT2D eigenvalue weighted by atomic mass is 16.4. The fourth-order valence-electron chi connectivity index (χ4n) is 3.05. The second-order valence-electron chi connectivity index (χ2n) is 6.66. The van der Waals surface area contributed by atoms with Crippen molar-refractivity contribution in [1.82, 2.24) is 4.98 Å². The monoisotopic (exact) mass is 362 g/mol. The van der Waals surface area contributed by atoms with Crippen molar-refractivity contribution in [1.29, 1.82) is 0 Å². The van der Waals surface area contributed by atoms with Crippen molar-refractivity contribution in [2.45, 2.75) is 43.1 Å². The Morgan fingerprint density at radius 3 is 2.54 bits per heavy atom. The largest absolute Gasteiger partial charge is 0.394 e. The Kier molecular flexibility index (Phi) is 5.38. The van der Waals surface area contributed by atoms with Crippen LogP contribution in [0.5, 0.6) is 0 Å². The normalized spacial score (nSPS) is 18.9. The molecule has 4 atom stereocenters. The third-order valence-electron chi connectivity index (χ3n) is 4.67. The first-order valence-electron chi connectivity index (χ1n) is 8.48. The highest BCUT2D eigenvalue weighted by Crippen LogP contribution is 2.42. The Hall–Kier alpha value is -2.26. The number of carbonyl (C=O) groups is 1. The van der Waals surface area contributed by atoms with E-state index in [-0.39, 0.29) is 5.56 Å². The predicted octanol–water partition coefficient (Wildman–Crippen LogP) is -0.540. The smallest absolute Gasteiger partial charge is 0.248 e. The standard InChI is InChI=1S/C18H22N2O6/c21-7-14(17(25)18(26)15(23)8-22)19-10-3-4-11-12(9-1-2-9)6-16(24)20-13(11)5-10/h3-7,9,14-15,17-19,22-23,25-26H,1-2,8H2,(H,20,24)/t14-,15+,17+,18+/m0/s1. The van der Waals surface area contributed by atoms with Crippen molar-refractivity contribution in [3.05, 3.63) is 40.2 Å². The summed E-state index contributed by atoms with van der Waals surface area (Å²) < 4.78 is 0. The molecule has 8 nitrogen and oxygen atoms in total. The van der Waals surface area contributed by atoms with E-state index in [0.29, 0.717) is 23.4 Å². The molecule has 0 bridgehead atoms. The molecule has 140 valence electrons. The van der Waals surface area contributed by atoms with Crippen molar-refractivity contribution in [3.63, 3.8) is 0 Å². The minimum Gasteiger partial charge on any atom is -0.394 e. The van der Waals surface area contributed by atoms with Gasteiger partial charge in [0.1, 0.15) is 30.6 Å². The fraction of sp³-hybridized carbons (Fsp3) is 0.444. The van der Waals surface area contributed by atoms with Crippen molar-refractivity contribution in [3.8, 4) is 0 Å². The van der Waals surface area contributed by atoms with Gasteiger partial charge in [-0.2, -0.15) is 0 Å². The summed E-state index contributed by atoms with van der Waals surface area (Å²) in [5, 5.41) is 41.8. The molecule has 0 unspecified atom stereocenters. The van der Waals surface area contributed by atoms with E-state index in [9.17, 15) is 24.9 Å². The zero-order valence-corrected chi connectivity index (χ0v) is 14.0. The molecule has 1 heterocycles. The van der Waals surface area contributed by atoms with Crippen LogP contribution in [0.4, 0.5) is 5.69 Å². The van der Waals surface area contributed by atoms with Crippen molar-refractivity contribution in [2.24, 2.45) is 0 Å². The maximum Gasteiger partial charge on any atom is 0.248 e. The Morgan fingerprint density at radius 1 is 1.19 bits per heavy atom. The quantitative estimate of drug-likeness (QED) is 0.346. The highest BCUT2D eigenvalue weighted by molar-refractivity contribution is 5.86. The van der Waals surface area contributed by atoms with Gasteiger partial charge >= 0.3 is 0 Å². The third-order valence-corrected chi connectivity index (χ3v) is 4.67. The molecular formula is C18H22N2O6. The van der Waals surface area contributed by atoms with Crippen LogP contribution in [0.25, 0.3) is 10.9 Å². The first kappa shape index (κ1) is 18.5. The van der Waals surface area contributed by atoms with E-state index in [4.69, 9.17) is 5.11 Å². The Labute approximate surface area is 149 Å². The number of anilines is 1. The van der Waals surface area contributed by atoms with E-state index in [1.807, 2.05) is 6.07 Å². The number of hydrogen-bond donors (Lipinski definition) is 6. The average Bonchev–Trinajstić information content (AvgIpc) is 3.48. The van der Waals surface area contributed by atoms with Gasteiger partial charge in [0, 0.05) is 17.1 Å². The molecule has 1 fully saturated rings. The molecule has 26 heavy (non-hydrogen) atoms. The summed E-state index contributed by atoms with van der Waals surface area (Å²) in [6, 6.07) is 5.60. The molecule has 6 N–H and O–H groups in total. The molecule has 1 aromatic carbocycles. The minimum atomic E-state index is -1.69. The number of hydrogen-bond acceptors (Lipinski definition) is 7. The lowest BCUT2D eigenvalue weighted by atomic mass is 10.0. The topological polar surface area (TPSA) is 143 Å². The molecule has 8 heteroatoms. The van der Waals surface area contributed by atoms with Gasteiger partial charge in [0.2, 0.25) is 5.56 Å². The molecule has 1 aromatic heterocycles. The van der Waals surface area contributed by atoms with Gasteiger partial charge in [-0.3, -0.25) is 4.79 Å². The lowest BCUT2D eigenvalue weighted by Gasteiger charge is -2.27. The SMILES string of the molecule is O=C[C@H](Nc1ccc2c(C3CC3)cc(=O)[nH]c2c1)[C@@H](O)[C@H](O)[C@H](O)CO. The number of nitrogens with one attached hydrogen (secondary N) is 2. The lowest BCUT2D eigenvalue weighted by molar-refractivity contribution is -0.117. The zero-order valence-electron chi connectivity index (χ0n) is 14.0. The van der Waals surface area contributed by atoms with Crippen LogP contribution in [0.3, 0.4) is 0 Å². The van der Waals surface area contributed by atoms with E-state index >= 15 is 0 Å². The predicted molar refractivity (Wildman–Crippen MR) is 95.1 cm³/mol. The maximum atomic E-state index is 11.9. The number of H-pyrrole nitrogens is 1. The summed E-state index contributed by atoms with van der Waals surface area (Å²) in [7, 11) is 0. The summed E-state index contributed by atoms with van der Waals surface area (Å²) in [6.07, 6.45) is -2.35. The van der Waals surface area contributed by atoms with E-state index in [0.717, 1.165) is 23.8 Å². The van der Waals surface area contributed by atoms with Gasteiger partial charge in [-0.15, -0.1) is 0 Å². The van der Waals surface area contributed by atoms with Crippen LogP contribution in [0, 0.1) is 0 Å². The van der Waals surface area contributed by atoms with Crippen LogP contribution in [0.2, 0.25) is 0 Å². The van der Waals surface area contributed by atoms with E-state index in [2.05, 4.69) is 10.3 Å². The number of pyridine rings is 1. The molecule has 2 aromatic rings. The van der Waals surface area contributed by atoms with Gasteiger partial charge in [-0.25, -0.2) is 0 Å². The van der Waals surface area contributed by atoms with Crippen molar-refractivity contribution >= 4 is 22.9 Å². The van der Waals surface area contributed by atoms with Crippen LogP contribution < -0.4 is 10.9 Å². The number of rotatable bonds is 8. The highest BCUT2D eigenvalue weighted by Gasteiger charge is 2.31. The number of fused-ring (bicyclic) bond motifs is 1. The second-order valence-corrected chi connectivity index (χ2v) is 6.66. The molecule has 3 rings (SSSR count). The van der Waals surface area contributed by atoms with Crippen LogP contribution in [0.15, 0.2) is 29.1 Å².